The fourth-order valence-electron chi connectivity index (χ4n) is 2.31. The van der Waals surface area contributed by atoms with Gasteiger partial charge in [0, 0.05) is 11.8 Å². The molecule has 0 aromatic carbocycles. The lowest BCUT2D eigenvalue weighted by atomic mass is 10.00. The third-order valence-electron chi connectivity index (χ3n) is 3.29. The number of hydrogen-bond donors (Lipinski definition) is 1. The second-order valence-corrected chi connectivity index (χ2v) is 5.35. The Bertz CT molecular complexity index is 447. The van der Waals surface area contributed by atoms with E-state index >= 15 is 0 Å². The lowest BCUT2D eigenvalue weighted by molar-refractivity contribution is -0.130. The number of allylic oxidation sites excluding steroid dienone is 1. The quantitative estimate of drug-likeness (QED) is 0.667. The number of hydrogen-bond acceptors (Lipinski definition) is 3. The maximum atomic E-state index is 11.3. The van der Waals surface area contributed by atoms with E-state index < -0.39 is 5.97 Å². The van der Waals surface area contributed by atoms with Crippen LogP contribution in [0.5, 0.6) is 0 Å². The smallest absolute Gasteiger partial charge is 0.336 e. The molecular formula is C14H17NO2S. The van der Waals surface area contributed by atoms with Gasteiger partial charge in [-0.1, -0.05) is 18.9 Å². The minimum absolute atomic E-state index is 0.391. The number of carboxylic acids is 1. The van der Waals surface area contributed by atoms with Gasteiger partial charge >= 0.3 is 5.97 Å². The zero-order valence-electron chi connectivity index (χ0n) is 10.4. The van der Waals surface area contributed by atoms with Gasteiger partial charge in [0.25, 0.3) is 0 Å². The number of carbonyl (C=O) groups is 1. The predicted molar refractivity (Wildman–Crippen MR) is 73.6 cm³/mol. The van der Waals surface area contributed by atoms with Crippen molar-refractivity contribution >= 4 is 23.3 Å². The molecule has 1 aliphatic carbocycles. The van der Waals surface area contributed by atoms with Crippen molar-refractivity contribution in [3.8, 4) is 0 Å². The summed E-state index contributed by atoms with van der Waals surface area (Å²) in [6, 6.07) is 3.71. The van der Waals surface area contributed by atoms with Crippen LogP contribution in [0.15, 0.2) is 29.4 Å². The topological polar surface area (TPSA) is 50.2 Å². The molecule has 0 bridgehead atoms. The summed E-state index contributed by atoms with van der Waals surface area (Å²) < 4.78 is 0. The lowest BCUT2D eigenvalue weighted by Crippen LogP contribution is -2.03. The molecule has 1 aliphatic rings. The molecule has 0 saturated heterocycles. The van der Waals surface area contributed by atoms with Gasteiger partial charge in [-0.25, -0.2) is 9.78 Å². The summed E-state index contributed by atoms with van der Waals surface area (Å²) in [7, 11) is 0. The molecule has 1 saturated carbocycles. The fourth-order valence-corrected chi connectivity index (χ4v) is 2.67. The molecule has 1 N–H and O–H groups in total. The summed E-state index contributed by atoms with van der Waals surface area (Å²) in [6.07, 6.45) is 10.1. The first kappa shape index (κ1) is 13.1. The van der Waals surface area contributed by atoms with Crippen molar-refractivity contribution in [3.63, 3.8) is 0 Å². The van der Waals surface area contributed by atoms with E-state index in [9.17, 15) is 9.90 Å². The molecule has 0 unspecified atom stereocenters. The standard InChI is InChI=1S/C14H17NO2S/c1-18-13-7-6-11(9-15-13)12(14(16)17)8-10-4-2-3-5-10/h6-10H,2-5H2,1H3,(H,16,17)/b12-8+. The van der Waals surface area contributed by atoms with Gasteiger partial charge in [0.15, 0.2) is 0 Å². The Kier molecular flexibility index (Phi) is 4.42. The molecular weight excluding hydrogens is 246 g/mol. The molecule has 0 spiro atoms. The van der Waals surface area contributed by atoms with E-state index in [1.807, 2.05) is 24.5 Å². The third-order valence-corrected chi connectivity index (χ3v) is 3.95. The maximum Gasteiger partial charge on any atom is 0.336 e. The number of pyridine rings is 1. The van der Waals surface area contributed by atoms with Crippen LogP contribution in [-0.2, 0) is 4.79 Å². The Morgan fingerprint density at radius 2 is 2.17 bits per heavy atom. The molecule has 0 radical (unpaired) electrons. The number of rotatable bonds is 4. The van der Waals surface area contributed by atoms with Crippen LogP contribution in [0.25, 0.3) is 5.57 Å². The SMILES string of the molecule is CSc1ccc(/C(=C\C2CCCC2)C(=O)O)cn1. The highest BCUT2D eigenvalue weighted by Gasteiger charge is 2.17. The second kappa shape index (κ2) is 6.05. The van der Waals surface area contributed by atoms with Crippen LogP contribution in [0.1, 0.15) is 31.2 Å². The number of carboxylic acid groups (broad SMARTS) is 1. The minimum atomic E-state index is -0.861. The van der Waals surface area contributed by atoms with Crippen molar-refractivity contribution in [2.45, 2.75) is 30.7 Å². The van der Waals surface area contributed by atoms with Crippen molar-refractivity contribution in [1.29, 1.82) is 0 Å². The number of thioether (sulfide) groups is 1. The molecule has 96 valence electrons. The van der Waals surface area contributed by atoms with Crippen LogP contribution < -0.4 is 0 Å². The molecule has 0 atom stereocenters. The van der Waals surface area contributed by atoms with E-state index in [0.717, 1.165) is 17.9 Å². The van der Waals surface area contributed by atoms with E-state index in [1.54, 1.807) is 18.0 Å². The van der Waals surface area contributed by atoms with Crippen LogP contribution in [-0.4, -0.2) is 22.3 Å². The van der Waals surface area contributed by atoms with E-state index in [2.05, 4.69) is 4.98 Å². The normalized spacial score (nSPS) is 17.1. The number of aromatic nitrogens is 1. The molecule has 1 aromatic heterocycles. The van der Waals surface area contributed by atoms with Crippen LogP contribution in [0.2, 0.25) is 0 Å². The van der Waals surface area contributed by atoms with Crippen molar-refractivity contribution in [3.05, 3.63) is 30.0 Å². The number of nitrogens with zero attached hydrogens (tertiary/aromatic N) is 1. The fraction of sp³-hybridized carbons (Fsp3) is 0.429. The molecule has 1 fully saturated rings. The molecule has 1 heterocycles. The van der Waals surface area contributed by atoms with Crippen molar-refractivity contribution in [2.24, 2.45) is 5.92 Å². The van der Waals surface area contributed by atoms with Gasteiger partial charge in [-0.15, -0.1) is 11.8 Å². The molecule has 18 heavy (non-hydrogen) atoms. The van der Waals surface area contributed by atoms with Crippen LogP contribution >= 0.6 is 11.8 Å². The van der Waals surface area contributed by atoms with Crippen LogP contribution in [0.3, 0.4) is 0 Å². The van der Waals surface area contributed by atoms with Gasteiger partial charge in [0.2, 0.25) is 0 Å². The Hall–Kier alpha value is -1.29. The zero-order chi connectivity index (χ0) is 13.0. The largest absolute Gasteiger partial charge is 0.478 e. The second-order valence-electron chi connectivity index (χ2n) is 4.52. The Labute approximate surface area is 111 Å². The monoisotopic (exact) mass is 263 g/mol. The van der Waals surface area contributed by atoms with E-state index in [0.29, 0.717) is 17.1 Å². The summed E-state index contributed by atoms with van der Waals surface area (Å²) in [5.41, 5.74) is 1.09. The minimum Gasteiger partial charge on any atom is -0.478 e. The highest BCUT2D eigenvalue weighted by atomic mass is 32.2. The van der Waals surface area contributed by atoms with Gasteiger partial charge in [-0.3, -0.25) is 0 Å². The molecule has 3 nitrogen and oxygen atoms in total. The third kappa shape index (κ3) is 3.13. The average Bonchev–Trinajstić information content (AvgIpc) is 2.89. The molecule has 1 aromatic rings. The van der Waals surface area contributed by atoms with Gasteiger partial charge in [-0.2, -0.15) is 0 Å². The Morgan fingerprint density at radius 3 is 2.67 bits per heavy atom. The first-order chi connectivity index (χ1) is 8.70. The molecule has 0 amide bonds. The van der Waals surface area contributed by atoms with E-state index in [4.69, 9.17) is 0 Å². The van der Waals surface area contributed by atoms with Gasteiger partial charge in [0.05, 0.1) is 10.6 Å². The highest BCUT2D eigenvalue weighted by molar-refractivity contribution is 7.98. The van der Waals surface area contributed by atoms with Crippen molar-refractivity contribution < 1.29 is 9.90 Å². The van der Waals surface area contributed by atoms with Gasteiger partial charge in [0.1, 0.15) is 0 Å². The maximum absolute atomic E-state index is 11.3. The summed E-state index contributed by atoms with van der Waals surface area (Å²) in [6.45, 7) is 0. The predicted octanol–water partition coefficient (Wildman–Crippen LogP) is 3.46. The van der Waals surface area contributed by atoms with Gasteiger partial charge < -0.3 is 5.11 Å². The van der Waals surface area contributed by atoms with Crippen LogP contribution in [0, 0.1) is 5.92 Å². The molecule has 4 heteroatoms. The highest BCUT2D eigenvalue weighted by Crippen LogP contribution is 2.29. The zero-order valence-corrected chi connectivity index (χ0v) is 11.2. The first-order valence-corrected chi connectivity index (χ1v) is 7.38. The van der Waals surface area contributed by atoms with E-state index in [1.165, 1.54) is 12.8 Å². The molecule has 0 aliphatic heterocycles. The summed E-state index contributed by atoms with van der Waals surface area (Å²) in [4.78, 5) is 15.6. The van der Waals surface area contributed by atoms with Crippen molar-refractivity contribution in [1.82, 2.24) is 4.98 Å². The van der Waals surface area contributed by atoms with Gasteiger partial charge in [-0.05, 0) is 37.1 Å². The Balaban J connectivity index is 2.25. The molecule has 2 rings (SSSR count). The first-order valence-electron chi connectivity index (χ1n) is 6.16. The summed E-state index contributed by atoms with van der Waals surface area (Å²) in [5.74, 6) is -0.447. The summed E-state index contributed by atoms with van der Waals surface area (Å²) >= 11 is 1.55. The average molecular weight is 263 g/mol. The van der Waals surface area contributed by atoms with Crippen molar-refractivity contribution in [2.75, 3.05) is 6.26 Å². The Morgan fingerprint density at radius 1 is 1.44 bits per heavy atom. The number of aliphatic carboxylic acids is 1. The van der Waals surface area contributed by atoms with E-state index in [-0.39, 0.29) is 0 Å². The summed E-state index contributed by atoms with van der Waals surface area (Å²) in [5, 5.41) is 10.2. The lowest BCUT2D eigenvalue weighted by Gasteiger charge is -2.07. The van der Waals surface area contributed by atoms with Crippen LogP contribution in [0.4, 0.5) is 0 Å².